The lowest BCUT2D eigenvalue weighted by molar-refractivity contribution is -0.136. The second-order valence-electron chi connectivity index (χ2n) is 23.5. The van der Waals surface area contributed by atoms with E-state index in [1.807, 2.05) is 26.0 Å². The largest absolute Gasteiger partial charge is 0.508 e. The van der Waals surface area contributed by atoms with E-state index in [1.165, 1.54) is 114 Å². The van der Waals surface area contributed by atoms with Crippen molar-refractivity contribution in [3.63, 3.8) is 0 Å². The number of hydrogen-bond donors (Lipinski definition) is 2. The number of halogens is 2. The van der Waals surface area contributed by atoms with Crippen LogP contribution in [-0.2, 0) is 26.2 Å². The number of methoxy groups -OCH3 is 1. The lowest BCUT2D eigenvalue weighted by Crippen LogP contribution is -2.44. The molecular weight excluding hydrogens is 1070 g/mol. The molecule has 18 heteroatoms. The molecule has 0 saturated carbocycles. The molecule has 11 rings (SSSR count). The third-order valence-electron chi connectivity index (χ3n) is 18.0. The van der Waals surface area contributed by atoms with Crippen molar-refractivity contribution in [3.8, 4) is 35.4 Å². The number of nitrogens with zero attached hydrogens (tertiary/aromatic N) is 8. The number of imidazole rings is 1. The number of carbonyl (C=O) groups excluding carboxylic acids is 3. The normalized spacial score (nSPS) is 20.8. The number of likely N-dealkylation sites (tertiary alicyclic amines) is 1. The highest BCUT2D eigenvalue weighted by molar-refractivity contribution is 6.03. The van der Waals surface area contributed by atoms with E-state index in [9.17, 15) is 28.7 Å². The van der Waals surface area contributed by atoms with Gasteiger partial charge in [0.25, 0.3) is 6.47 Å². The van der Waals surface area contributed by atoms with E-state index in [1.54, 1.807) is 16.2 Å². The van der Waals surface area contributed by atoms with Crippen LogP contribution >= 0.6 is 0 Å². The number of pyridine rings is 1. The monoisotopic (exact) mass is 1160 g/mol. The Kier molecular flexibility index (Phi) is 21.9. The Balaban J connectivity index is 0.000000178. The van der Waals surface area contributed by atoms with Crippen molar-refractivity contribution in [2.45, 2.75) is 162 Å². The van der Waals surface area contributed by atoms with Crippen LogP contribution in [0.4, 0.5) is 14.6 Å². The van der Waals surface area contributed by atoms with Crippen LogP contribution in [0, 0.1) is 41.7 Å². The molecule has 5 aliphatic rings. The van der Waals surface area contributed by atoms with Gasteiger partial charge in [-0.25, -0.2) is 13.6 Å². The first-order valence-electron chi connectivity index (χ1n) is 30.8. The number of amides is 2. The number of fused-ring (bicyclic) bond motifs is 4. The Labute approximate surface area is 493 Å². The zero-order valence-corrected chi connectivity index (χ0v) is 50.6. The number of piperidine rings is 3. The maximum absolute atomic E-state index is 16.0. The second kappa shape index (κ2) is 29.2. The van der Waals surface area contributed by atoms with Crippen molar-refractivity contribution in [2.75, 3.05) is 57.9 Å². The van der Waals surface area contributed by atoms with Gasteiger partial charge in [-0.2, -0.15) is 9.97 Å². The van der Waals surface area contributed by atoms with Crippen LogP contribution in [0.2, 0.25) is 0 Å². The van der Waals surface area contributed by atoms with Crippen LogP contribution in [0.1, 0.15) is 161 Å². The van der Waals surface area contributed by atoms with E-state index >= 15 is 4.39 Å². The van der Waals surface area contributed by atoms with E-state index in [0.717, 1.165) is 80.8 Å². The summed E-state index contributed by atoms with van der Waals surface area (Å²) in [5.74, 6) is 3.25. The van der Waals surface area contributed by atoms with Crippen molar-refractivity contribution < 1.29 is 37.7 Å². The van der Waals surface area contributed by atoms with Gasteiger partial charge in [-0.1, -0.05) is 84.9 Å². The Hall–Kier alpha value is -6.97. The number of para-hydroxylation sites is 1. The highest BCUT2D eigenvalue weighted by Gasteiger charge is 2.37. The molecule has 0 bridgehead atoms. The van der Waals surface area contributed by atoms with Gasteiger partial charge >= 0.3 is 11.7 Å². The standard InChI is InChI=1S/C29H44N4O3.C26H22F2N4O2.C9H15NO2.C2H6/c1-5-8-21(12-11-20(3)6-2)19-32-17-15-22(16-18-32)23-9-7-10-24-27(23)31(4)29(36)33(24)25-13-14-26(34)30-28(25)35;1-4-17-20(27)8-7-15-10-16(33)11-18(21(15)17)23-22(28)24-19(12-29-23)25(31-26(30-24)34-3)32-9-5-6-14(2)13-32;11-7-12-6-9-4-3-8-2-1-5-10(8)9;1-2/h7,9-10,20-22,25H,5-6,8,11-19H2,1-4H3,(H,30,34,35);1,7-8,10-12,14,33H,5-6,9,13H2,2-3H3;7-9H,1-6H2;1-2H3. The fourth-order valence-corrected chi connectivity index (χ4v) is 13.5. The number of imide groups is 1. The molecule has 2 N–H and O–H groups in total. The fraction of sp³-hybridized carbons (Fsp3) is 0.561. The molecule has 5 saturated heterocycles. The molecule has 0 spiro atoms. The van der Waals surface area contributed by atoms with Crippen LogP contribution in [-0.4, -0.2) is 122 Å². The lowest BCUT2D eigenvalue weighted by Gasteiger charge is -2.35. The van der Waals surface area contributed by atoms with Crippen molar-refractivity contribution in [1.29, 1.82) is 0 Å². The number of ether oxygens (including phenoxy) is 2. The molecule has 2 amide bonds. The Morgan fingerprint density at radius 1 is 0.940 bits per heavy atom. The van der Waals surface area contributed by atoms with E-state index in [2.05, 4.69) is 74.7 Å². The Morgan fingerprint density at radius 3 is 2.42 bits per heavy atom. The van der Waals surface area contributed by atoms with E-state index in [4.69, 9.17) is 15.9 Å². The number of aromatic nitrogens is 5. The second-order valence-corrected chi connectivity index (χ2v) is 23.5. The van der Waals surface area contributed by atoms with E-state index in [0.29, 0.717) is 54.0 Å². The Bertz CT molecular complexity index is 3370. The zero-order chi connectivity index (χ0) is 60.2. The average molecular weight is 1160 g/mol. The summed E-state index contributed by atoms with van der Waals surface area (Å²) in [4.78, 5) is 67.9. The Morgan fingerprint density at radius 2 is 1.71 bits per heavy atom. The minimum absolute atomic E-state index is 0.0280. The van der Waals surface area contributed by atoms with Crippen LogP contribution in [0.25, 0.3) is 44.0 Å². The highest BCUT2D eigenvalue weighted by Crippen LogP contribution is 2.40. The molecule has 84 heavy (non-hydrogen) atoms. The number of carbonyl (C=O) groups is 3. The van der Waals surface area contributed by atoms with Crippen LogP contribution in [0.15, 0.2) is 53.5 Å². The fourth-order valence-electron chi connectivity index (χ4n) is 13.5. The summed E-state index contributed by atoms with van der Waals surface area (Å²) in [6.07, 6.45) is 23.6. The van der Waals surface area contributed by atoms with E-state index in [-0.39, 0.29) is 63.4 Å². The number of benzene rings is 3. The topological polar surface area (TPSA) is 177 Å². The molecule has 5 aliphatic heterocycles. The SMILES string of the molecule is C#Cc1c(F)ccc2cc(O)cc(-c3ncc4c(N5CCCC(C)C5)nc(OC)nc4c3F)c12.CC.CCCC(CCC(C)CC)CN1CCC(c2cccc3c2n(C)c(=O)n3C2CCC(=O)NC2=O)CC1.O=COCC1CCC2CCCN21. The molecule has 6 unspecified atom stereocenters. The summed E-state index contributed by atoms with van der Waals surface area (Å²) in [7, 11) is 3.23. The van der Waals surface area contributed by atoms with Gasteiger partial charge in [0, 0.05) is 62.3 Å². The minimum Gasteiger partial charge on any atom is -0.508 e. The maximum atomic E-state index is 16.0. The van der Waals surface area contributed by atoms with Crippen LogP contribution in [0.5, 0.6) is 11.8 Å². The van der Waals surface area contributed by atoms with Crippen LogP contribution < -0.4 is 20.6 Å². The molecule has 6 atom stereocenters. The molecule has 0 aliphatic carbocycles. The molecule has 8 heterocycles. The third kappa shape index (κ3) is 14.1. The lowest BCUT2D eigenvalue weighted by atomic mass is 9.87. The number of nitrogens with one attached hydrogen (secondary N) is 1. The molecule has 452 valence electrons. The summed E-state index contributed by atoms with van der Waals surface area (Å²) in [6, 6.07) is 12.3. The highest BCUT2D eigenvalue weighted by atomic mass is 19.1. The number of anilines is 1. The van der Waals surface area contributed by atoms with Gasteiger partial charge in [-0.15, -0.1) is 6.42 Å². The summed E-state index contributed by atoms with van der Waals surface area (Å²) in [6.45, 7) is 20.4. The number of hydrogen-bond acceptors (Lipinski definition) is 13. The summed E-state index contributed by atoms with van der Waals surface area (Å²) < 4.78 is 43.9. The first-order chi connectivity index (χ1) is 40.7. The molecule has 6 aromatic rings. The van der Waals surface area contributed by atoms with Gasteiger partial charge in [-0.05, 0) is 149 Å². The summed E-state index contributed by atoms with van der Waals surface area (Å²) in [5.41, 5.74) is 2.82. The van der Waals surface area contributed by atoms with Crippen molar-refractivity contribution in [2.24, 2.45) is 24.8 Å². The van der Waals surface area contributed by atoms with Gasteiger partial charge in [0.1, 0.15) is 41.2 Å². The first kappa shape index (κ1) is 63.1. The van der Waals surface area contributed by atoms with E-state index < -0.39 is 17.7 Å². The zero-order valence-electron chi connectivity index (χ0n) is 50.6. The number of aromatic hydroxyl groups is 1. The molecule has 3 aromatic carbocycles. The average Bonchev–Trinajstić information content (AvgIpc) is 1.52. The summed E-state index contributed by atoms with van der Waals surface area (Å²) in [5, 5.41) is 13.9. The predicted molar refractivity (Wildman–Crippen MR) is 327 cm³/mol. The molecular formula is C66H87F2N9O7. The number of phenolic OH excluding ortho intramolecular Hbond substituents is 1. The van der Waals surface area contributed by atoms with Gasteiger partial charge in [-0.3, -0.25) is 38.7 Å². The molecule has 0 radical (unpaired) electrons. The van der Waals surface area contributed by atoms with Crippen molar-refractivity contribution in [3.05, 3.63) is 81.9 Å². The van der Waals surface area contributed by atoms with Crippen molar-refractivity contribution in [1.82, 2.24) is 39.2 Å². The van der Waals surface area contributed by atoms with Gasteiger partial charge in [0.05, 0.1) is 29.1 Å². The number of rotatable bonds is 16. The smallest absolute Gasteiger partial charge is 0.329 e. The molecule has 5 fully saturated rings. The number of aryl methyl sites for hydroxylation is 1. The predicted octanol–water partition coefficient (Wildman–Crippen LogP) is 11.6. The minimum atomic E-state index is -0.733. The summed E-state index contributed by atoms with van der Waals surface area (Å²) >= 11 is 0. The quantitative estimate of drug-likeness (QED) is 0.0532. The first-order valence-corrected chi connectivity index (χ1v) is 30.8. The maximum Gasteiger partial charge on any atom is 0.329 e. The van der Waals surface area contributed by atoms with Gasteiger partial charge in [0.2, 0.25) is 11.8 Å². The third-order valence-corrected chi connectivity index (χ3v) is 18.0. The van der Waals surface area contributed by atoms with Crippen LogP contribution in [0.3, 0.4) is 0 Å². The number of terminal acetylenes is 1. The number of phenols is 1. The van der Waals surface area contributed by atoms with Gasteiger partial charge < -0.3 is 24.4 Å². The van der Waals surface area contributed by atoms with Crippen molar-refractivity contribution >= 4 is 56.8 Å². The molecule has 16 nitrogen and oxygen atoms in total. The molecule has 3 aromatic heterocycles. The van der Waals surface area contributed by atoms with Gasteiger partial charge in [0.15, 0.2) is 5.82 Å².